The number of nitrogens with one attached hydrogen (secondary N) is 1. The predicted octanol–water partition coefficient (Wildman–Crippen LogP) is 4.20. The summed E-state index contributed by atoms with van der Waals surface area (Å²) in [7, 11) is -3.58. The van der Waals surface area contributed by atoms with E-state index in [4.69, 9.17) is 0 Å². The van der Waals surface area contributed by atoms with Crippen molar-refractivity contribution >= 4 is 54.4 Å². The number of anilines is 1. The maximum Gasteiger partial charge on any atom is 0.243 e. The number of aromatic nitrogens is 1. The Morgan fingerprint density at radius 1 is 1.20 bits per heavy atom. The molecule has 0 aliphatic carbocycles. The molecule has 0 bridgehead atoms. The van der Waals surface area contributed by atoms with E-state index >= 15 is 0 Å². The number of carbonyl (C=O) groups is 1. The van der Waals surface area contributed by atoms with Gasteiger partial charge in [-0.1, -0.05) is 17.4 Å². The fraction of sp³-hybridized carbons (Fsp3) is 0.300. The number of piperidine rings is 1. The number of halogens is 1. The first kappa shape index (κ1) is 21.2. The second-order valence-electron chi connectivity index (χ2n) is 6.95. The van der Waals surface area contributed by atoms with Gasteiger partial charge in [0, 0.05) is 23.9 Å². The van der Waals surface area contributed by atoms with Gasteiger partial charge in [-0.25, -0.2) is 17.8 Å². The highest BCUT2D eigenvalue weighted by Crippen LogP contribution is 2.30. The molecule has 0 unspecified atom stereocenters. The Labute approximate surface area is 182 Å². The van der Waals surface area contributed by atoms with Crippen molar-refractivity contribution in [3.8, 4) is 0 Å². The van der Waals surface area contributed by atoms with E-state index in [1.165, 1.54) is 21.7 Å². The van der Waals surface area contributed by atoms with Crippen molar-refractivity contribution in [2.75, 3.05) is 24.7 Å². The van der Waals surface area contributed by atoms with Gasteiger partial charge in [0.05, 0.1) is 9.60 Å². The lowest BCUT2D eigenvalue weighted by atomic mass is 9.97. The molecule has 6 nitrogen and oxygen atoms in total. The van der Waals surface area contributed by atoms with E-state index in [0.717, 1.165) is 4.90 Å². The van der Waals surface area contributed by atoms with Gasteiger partial charge in [-0.15, -0.1) is 11.8 Å². The van der Waals surface area contributed by atoms with Crippen LogP contribution in [0.5, 0.6) is 0 Å². The van der Waals surface area contributed by atoms with Crippen molar-refractivity contribution in [2.45, 2.75) is 22.6 Å². The number of thioether (sulfide) groups is 1. The quantitative estimate of drug-likeness (QED) is 0.572. The highest BCUT2D eigenvalue weighted by Gasteiger charge is 2.32. The third kappa shape index (κ3) is 4.22. The van der Waals surface area contributed by atoms with Crippen LogP contribution in [0.25, 0.3) is 10.2 Å². The minimum Gasteiger partial charge on any atom is -0.302 e. The summed E-state index contributed by atoms with van der Waals surface area (Å²) in [6, 6.07) is 11.5. The van der Waals surface area contributed by atoms with E-state index in [2.05, 4.69) is 10.3 Å². The Bertz CT molecular complexity index is 1170. The molecule has 10 heteroatoms. The molecule has 3 aromatic rings. The second kappa shape index (κ2) is 8.62. The zero-order chi connectivity index (χ0) is 21.3. The van der Waals surface area contributed by atoms with Crippen molar-refractivity contribution in [1.29, 1.82) is 0 Å². The van der Waals surface area contributed by atoms with Crippen LogP contribution in [0.2, 0.25) is 0 Å². The summed E-state index contributed by atoms with van der Waals surface area (Å²) in [5, 5.41) is 3.11. The van der Waals surface area contributed by atoms with E-state index in [0.29, 0.717) is 22.7 Å². The van der Waals surface area contributed by atoms with Crippen LogP contribution in [-0.2, 0) is 14.8 Å². The van der Waals surface area contributed by atoms with Gasteiger partial charge < -0.3 is 5.32 Å². The summed E-state index contributed by atoms with van der Waals surface area (Å²) in [5.41, 5.74) is 0.242. The second-order valence-corrected chi connectivity index (χ2v) is 10.8. The number of fused-ring (bicyclic) bond motifs is 1. The fourth-order valence-corrected chi connectivity index (χ4v) is 6.19. The lowest BCUT2D eigenvalue weighted by Crippen LogP contribution is -2.41. The molecule has 158 valence electrons. The molecule has 1 aliphatic heterocycles. The predicted molar refractivity (Wildman–Crippen MR) is 118 cm³/mol. The number of thiazole rings is 1. The van der Waals surface area contributed by atoms with Gasteiger partial charge >= 0.3 is 0 Å². The first-order valence-electron chi connectivity index (χ1n) is 9.38. The van der Waals surface area contributed by atoms with Gasteiger partial charge in [0.2, 0.25) is 15.9 Å². The normalized spacial score (nSPS) is 16.1. The molecule has 1 aromatic heterocycles. The molecule has 0 atom stereocenters. The monoisotopic (exact) mass is 465 g/mol. The van der Waals surface area contributed by atoms with Crippen LogP contribution in [0.4, 0.5) is 9.52 Å². The summed E-state index contributed by atoms with van der Waals surface area (Å²) in [4.78, 5) is 18.0. The zero-order valence-corrected chi connectivity index (χ0v) is 18.6. The van der Waals surface area contributed by atoms with E-state index in [-0.39, 0.29) is 35.3 Å². The molecule has 30 heavy (non-hydrogen) atoms. The average Bonchev–Trinajstić information content (AvgIpc) is 3.17. The highest BCUT2D eigenvalue weighted by atomic mass is 32.2. The molecule has 0 saturated carbocycles. The molecule has 2 heterocycles. The Balaban J connectivity index is 1.39. The van der Waals surface area contributed by atoms with Crippen LogP contribution >= 0.6 is 23.1 Å². The maximum absolute atomic E-state index is 13.8. The maximum atomic E-state index is 13.8. The van der Waals surface area contributed by atoms with Gasteiger partial charge in [0.1, 0.15) is 11.3 Å². The van der Waals surface area contributed by atoms with Gasteiger partial charge in [0.15, 0.2) is 5.13 Å². The molecule has 1 aliphatic rings. The van der Waals surface area contributed by atoms with E-state index in [1.807, 2.05) is 6.26 Å². The lowest BCUT2D eigenvalue weighted by Gasteiger charge is -2.30. The first-order valence-corrected chi connectivity index (χ1v) is 12.9. The molecule has 2 aromatic carbocycles. The van der Waals surface area contributed by atoms with Crippen LogP contribution in [0.1, 0.15) is 12.8 Å². The van der Waals surface area contributed by atoms with Crippen LogP contribution in [0.3, 0.4) is 0 Å². The molecule has 0 radical (unpaired) electrons. The summed E-state index contributed by atoms with van der Waals surface area (Å²) in [6.45, 7) is 0.554. The van der Waals surface area contributed by atoms with Gasteiger partial charge in [0.25, 0.3) is 0 Å². The molecular formula is C20H20FN3O3S3. The molecular weight excluding hydrogens is 445 g/mol. The summed E-state index contributed by atoms with van der Waals surface area (Å²) >= 11 is 2.77. The first-order chi connectivity index (χ1) is 14.4. The van der Waals surface area contributed by atoms with Crippen molar-refractivity contribution in [1.82, 2.24) is 9.29 Å². The smallest absolute Gasteiger partial charge is 0.243 e. The van der Waals surface area contributed by atoms with Gasteiger partial charge in [-0.3, -0.25) is 4.79 Å². The topological polar surface area (TPSA) is 79.4 Å². The number of nitrogens with zero attached hydrogens (tertiary/aromatic N) is 2. The highest BCUT2D eigenvalue weighted by molar-refractivity contribution is 7.98. The SMILES string of the molecule is CSc1ccc(S(=O)(=O)N2CCC(C(=O)Nc3nc4c(F)cccc4s3)CC2)cc1. The largest absolute Gasteiger partial charge is 0.302 e. The van der Waals surface area contributed by atoms with Crippen LogP contribution in [-0.4, -0.2) is 43.0 Å². The number of hydrogen-bond donors (Lipinski definition) is 1. The minimum absolute atomic E-state index is 0.212. The number of para-hydroxylation sites is 1. The number of amides is 1. The van der Waals surface area contributed by atoms with Crippen LogP contribution < -0.4 is 5.32 Å². The number of rotatable bonds is 5. The standard InChI is InChI=1S/C20H20FN3O3S3/c1-28-14-5-7-15(8-6-14)30(26,27)24-11-9-13(10-12-24)19(25)23-20-22-18-16(21)3-2-4-17(18)29-20/h2-8,13H,9-12H2,1H3,(H,22,23,25). The summed E-state index contributed by atoms with van der Waals surface area (Å²) in [5.74, 6) is -0.948. The third-order valence-corrected chi connectivity index (χ3v) is 8.71. The molecule has 0 spiro atoms. The Hall–Kier alpha value is -2.01. The van der Waals surface area contributed by atoms with Gasteiger partial charge in [-0.2, -0.15) is 4.31 Å². The van der Waals surface area contributed by atoms with Crippen molar-refractivity contribution in [3.63, 3.8) is 0 Å². The van der Waals surface area contributed by atoms with E-state index in [9.17, 15) is 17.6 Å². The van der Waals surface area contributed by atoms with Crippen molar-refractivity contribution in [2.24, 2.45) is 5.92 Å². The Morgan fingerprint density at radius 2 is 1.90 bits per heavy atom. The molecule has 1 amide bonds. The lowest BCUT2D eigenvalue weighted by molar-refractivity contribution is -0.120. The third-order valence-electron chi connectivity index (χ3n) is 5.12. The van der Waals surface area contributed by atoms with E-state index < -0.39 is 15.8 Å². The Morgan fingerprint density at radius 3 is 2.53 bits per heavy atom. The van der Waals surface area contributed by atoms with Gasteiger partial charge in [-0.05, 0) is 55.5 Å². The minimum atomic E-state index is -3.58. The molecule has 1 N–H and O–H groups in total. The average molecular weight is 466 g/mol. The molecule has 1 fully saturated rings. The summed E-state index contributed by atoms with van der Waals surface area (Å²) < 4.78 is 41.6. The van der Waals surface area contributed by atoms with Crippen LogP contribution in [0.15, 0.2) is 52.3 Å². The number of sulfonamides is 1. The molecule has 1 saturated heterocycles. The number of carbonyl (C=O) groups excluding carboxylic acids is 1. The molecule has 4 rings (SSSR count). The zero-order valence-electron chi connectivity index (χ0n) is 16.2. The Kier molecular flexibility index (Phi) is 6.10. The fourth-order valence-electron chi connectivity index (χ4n) is 3.43. The number of hydrogen-bond acceptors (Lipinski definition) is 6. The summed E-state index contributed by atoms with van der Waals surface area (Å²) in [6.07, 6.45) is 2.78. The van der Waals surface area contributed by atoms with Crippen molar-refractivity contribution in [3.05, 3.63) is 48.3 Å². The number of benzene rings is 2. The van der Waals surface area contributed by atoms with Crippen LogP contribution in [0, 0.1) is 11.7 Å². The van der Waals surface area contributed by atoms with E-state index in [1.54, 1.807) is 48.2 Å². The van der Waals surface area contributed by atoms with Crippen molar-refractivity contribution < 1.29 is 17.6 Å².